The van der Waals surface area contributed by atoms with E-state index >= 15 is 0 Å². The summed E-state index contributed by atoms with van der Waals surface area (Å²) in [5.74, 6) is 2.33. The molecule has 0 bridgehead atoms. The molecule has 1 atom stereocenters. The van der Waals surface area contributed by atoms with Crippen molar-refractivity contribution in [2.45, 2.75) is 37.4 Å². The van der Waals surface area contributed by atoms with Crippen LogP contribution in [0, 0.1) is 0 Å². The van der Waals surface area contributed by atoms with Crippen molar-refractivity contribution in [2.75, 3.05) is 24.2 Å². The number of benzene rings is 1. The normalized spacial score (nSPS) is 26.5. The van der Waals surface area contributed by atoms with Gasteiger partial charge < -0.3 is 10.1 Å². The van der Waals surface area contributed by atoms with Gasteiger partial charge in [0, 0.05) is 11.3 Å². The molecule has 18 heavy (non-hydrogen) atoms. The lowest BCUT2D eigenvalue weighted by Crippen LogP contribution is -2.26. The highest BCUT2D eigenvalue weighted by Crippen LogP contribution is 2.39. The van der Waals surface area contributed by atoms with Gasteiger partial charge in [-0.05, 0) is 50.0 Å². The summed E-state index contributed by atoms with van der Waals surface area (Å²) in [7, 11) is 0. The van der Waals surface area contributed by atoms with Crippen molar-refractivity contribution in [3.63, 3.8) is 0 Å². The molecule has 98 valence electrons. The number of hydrogen-bond acceptors (Lipinski definition) is 3. The van der Waals surface area contributed by atoms with E-state index in [1.165, 1.54) is 42.7 Å². The number of rotatable bonds is 3. The predicted octanol–water partition coefficient (Wildman–Crippen LogP) is 3.71. The average molecular weight is 263 g/mol. The summed E-state index contributed by atoms with van der Waals surface area (Å²) in [6.07, 6.45) is 5.01. The van der Waals surface area contributed by atoms with E-state index in [0.717, 1.165) is 18.9 Å². The molecule has 2 aliphatic rings. The van der Waals surface area contributed by atoms with Gasteiger partial charge in [-0.15, -0.1) is 0 Å². The first-order chi connectivity index (χ1) is 8.77. The third-order valence-corrected chi connectivity index (χ3v) is 5.38. The number of para-hydroxylation sites is 1. The zero-order chi connectivity index (χ0) is 12.4. The Balaban J connectivity index is 1.72. The molecule has 3 heteroatoms. The SMILES string of the molecule is CC1(COc2cccc3c2NCCC3)CCCS1. The zero-order valence-corrected chi connectivity index (χ0v) is 11.8. The van der Waals surface area contributed by atoms with E-state index in [1.807, 2.05) is 0 Å². The van der Waals surface area contributed by atoms with Crippen LogP contribution >= 0.6 is 11.8 Å². The first-order valence-electron chi connectivity index (χ1n) is 6.89. The van der Waals surface area contributed by atoms with Gasteiger partial charge in [0.15, 0.2) is 0 Å². The van der Waals surface area contributed by atoms with Gasteiger partial charge in [0.25, 0.3) is 0 Å². The number of aryl methyl sites for hydroxylation is 1. The number of nitrogens with one attached hydrogen (secondary N) is 1. The molecule has 1 aromatic carbocycles. The van der Waals surface area contributed by atoms with E-state index in [2.05, 4.69) is 42.2 Å². The number of hydrogen-bond donors (Lipinski definition) is 1. The highest BCUT2D eigenvalue weighted by atomic mass is 32.2. The lowest BCUT2D eigenvalue weighted by molar-refractivity contribution is 0.276. The molecule has 1 N–H and O–H groups in total. The first-order valence-corrected chi connectivity index (χ1v) is 7.88. The molecule has 1 saturated heterocycles. The Morgan fingerprint density at radius 1 is 1.39 bits per heavy atom. The molecule has 0 radical (unpaired) electrons. The van der Waals surface area contributed by atoms with Gasteiger partial charge in [-0.25, -0.2) is 0 Å². The van der Waals surface area contributed by atoms with Crippen LogP contribution in [0.3, 0.4) is 0 Å². The molecular formula is C15H21NOS. The van der Waals surface area contributed by atoms with Gasteiger partial charge in [-0.2, -0.15) is 11.8 Å². The first kappa shape index (κ1) is 12.2. The third kappa shape index (κ3) is 2.46. The van der Waals surface area contributed by atoms with Crippen LogP contribution < -0.4 is 10.1 Å². The van der Waals surface area contributed by atoms with Crippen LogP contribution in [0.4, 0.5) is 5.69 Å². The molecule has 3 rings (SSSR count). The van der Waals surface area contributed by atoms with Gasteiger partial charge >= 0.3 is 0 Å². The number of anilines is 1. The standard InChI is InChI=1S/C15H21NOS/c1-15(8-4-10-18-15)11-17-13-7-2-5-12-6-3-9-16-14(12)13/h2,5,7,16H,3-4,6,8-11H2,1H3. The molecule has 2 nitrogen and oxygen atoms in total. The highest BCUT2D eigenvalue weighted by molar-refractivity contribution is 8.00. The Labute approximate surface area is 113 Å². The summed E-state index contributed by atoms with van der Waals surface area (Å²) >= 11 is 2.06. The van der Waals surface area contributed by atoms with Gasteiger partial charge in [-0.3, -0.25) is 0 Å². The zero-order valence-electron chi connectivity index (χ0n) is 11.0. The van der Waals surface area contributed by atoms with Crippen LogP contribution in [-0.4, -0.2) is 23.7 Å². The summed E-state index contributed by atoms with van der Waals surface area (Å²) < 4.78 is 6.42. The second kappa shape index (κ2) is 5.04. The predicted molar refractivity (Wildman–Crippen MR) is 78.8 cm³/mol. The van der Waals surface area contributed by atoms with Crippen molar-refractivity contribution in [2.24, 2.45) is 0 Å². The molecular weight excluding hydrogens is 242 g/mol. The molecule has 0 amide bonds. The molecule has 0 saturated carbocycles. The van der Waals surface area contributed by atoms with Gasteiger partial charge in [-0.1, -0.05) is 12.1 Å². The topological polar surface area (TPSA) is 21.3 Å². The van der Waals surface area contributed by atoms with E-state index in [9.17, 15) is 0 Å². The molecule has 0 aromatic heterocycles. The Bertz CT molecular complexity index is 427. The smallest absolute Gasteiger partial charge is 0.142 e. The van der Waals surface area contributed by atoms with Crippen LogP contribution in [0.2, 0.25) is 0 Å². The lowest BCUT2D eigenvalue weighted by atomic mass is 10.0. The maximum absolute atomic E-state index is 6.11. The Morgan fingerprint density at radius 2 is 2.33 bits per heavy atom. The Morgan fingerprint density at radius 3 is 3.17 bits per heavy atom. The maximum atomic E-state index is 6.11. The Hall–Kier alpha value is -0.830. The van der Waals surface area contributed by atoms with Crippen molar-refractivity contribution in [1.82, 2.24) is 0 Å². The van der Waals surface area contributed by atoms with Crippen LogP contribution in [0.15, 0.2) is 18.2 Å². The number of thioether (sulfide) groups is 1. The maximum Gasteiger partial charge on any atom is 0.142 e. The van der Waals surface area contributed by atoms with Crippen LogP contribution in [0.1, 0.15) is 31.7 Å². The van der Waals surface area contributed by atoms with Gasteiger partial charge in [0.05, 0.1) is 5.69 Å². The van der Waals surface area contributed by atoms with Gasteiger partial charge in [0.2, 0.25) is 0 Å². The quantitative estimate of drug-likeness (QED) is 0.898. The molecule has 2 aliphatic heterocycles. The minimum atomic E-state index is 0.317. The second-order valence-corrected chi connectivity index (χ2v) is 7.19. The number of fused-ring (bicyclic) bond motifs is 1. The minimum absolute atomic E-state index is 0.317. The Kier molecular flexibility index (Phi) is 3.42. The molecule has 1 fully saturated rings. The van der Waals surface area contributed by atoms with E-state index in [4.69, 9.17) is 4.74 Å². The lowest BCUT2D eigenvalue weighted by Gasteiger charge is -2.26. The fourth-order valence-electron chi connectivity index (χ4n) is 2.78. The summed E-state index contributed by atoms with van der Waals surface area (Å²) in [5, 5.41) is 3.49. The van der Waals surface area contributed by atoms with Crippen molar-refractivity contribution >= 4 is 17.4 Å². The fourth-order valence-corrected chi connectivity index (χ4v) is 3.99. The molecule has 1 aromatic rings. The van der Waals surface area contributed by atoms with E-state index < -0.39 is 0 Å². The summed E-state index contributed by atoms with van der Waals surface area (Å²) in [5.41, 5.74) is 2.64. The molecule has 0 aliphatic carbocycles. The van der Waals surface area contributed by atoms with E-state index in [-0.39, 0.29) is 0 Å². The van der Waals surface area contributed by atoms with Crippen molar-refractivity contribution in [3.8, 4) is 5.75 Å². The van der Waals surface area contributed by atoms with Crippen LogP contribution in [0.5, 0.6) is 5.75 Å². The van der Waals surface area contributed by atoms with E-state index in [1.54, 1.807) is 0 Å². The minimum Gasteiger partial charge on any atom is -0.490 e. The van der Waals surface area contributed by atoms with Crippen molar-refractivity contribution in [1.29, 1.82) is 0 Å². The van der Waals surface area contributed by atoms with Crippen LogP contribution in [0.25, 0.3) is 0 Å². The summed E-state index contributed by atoms with van der Waals surface area (Å²) in [4.78, 5) is 0. The molecule has 0 spiro atoms. The van der Waals surface area contributed by atoms with Gasteiger partial charge in [0.1, 0.15) is 12.4 Å². The van der Waals surface area contributed by atoms with Crippen molar-refractivity contribution < 1.29 is 4.74 Å². The average Bonchev–Trinajstić information content (AvgIpc) is 2.84. The number of ether oxygens (including phenoxy) is 1. The van der Waals surface area contributed by atoms with Crippen molar-refractivity contribution in [3.05, 3.63) is 23.8 Å². The third-order valence-electron chi connectivity index (χ3n) is 3.87. The monoisotopic (exact) mass is 263 g/mol. The summed E-state index contributed by atoms with van der Waals surface area (Å²) in [6, 6.07) is 6.42. The largest absolute Gasteiger partial charge is 0.490 e. The van der Waals surface area contributed by atoms with E-state index in [0.29, 0.717) is 4.75 Å². The molecule has 1 unspecified atom stereocenters. The highest BCUT2D eigenvalue weighted by Gasteiger charge is 2.30. The summed E-state index contributed by atoms with van der Waals surface area (Å²) in [6.45, 7) is 4.22. The van der Waals surface area contributed by atoms with Crippen LogP contribution in [-0.2, 0) is 6.42 Å². The fraction of sp³-hybridized carbons (Fsp3) is 0.600. The second-order valence-electron chi connectivity index (χ2n) is 5.51. The molecule has 2 heterocycles.